The first-order valence-corrected chi connectivity index (χ1v) is 8.19. The molecule has 1 heterocycles. The highest BCUT2D eigenvalue weighted by atomic mass is 16.2. The van der Waals surface area contributed by atoms with E-state index in [9.17, 15) is 9.59 Å². The number of aromatic nitrogens is 4. The van der Waals surface area contributed by atoms with Crippen molar-refractivity contribution < 1.29 is 9.59 Å². The molecule has 0 saturated heterocycles. The molecule has 130 valence electrons. The summed E-state index contributed by atoms with van der Waals surface area (Å²) in [5.41, 5.74) is 0.766. The fourth-order valence-electron chi connectivity index (χ4n) is 3.21. The lowest BCUT2D eigenvalue weighted by Crippen LogP contribution is -2.45. The fourth-order valence-corrected chi connectivity index (χ4v) is 3.21. The second kappa shape index (κ2) is 7.25. The minimum Gasteiger partial charge on any atom is -0.343 e. The van der Waals surface area contributed by atoms with Crippen LogP contribution in [0.5, 0.6) is 0 Å². The molecule has 3 N–H and O–H groups in total. The summed E-state index contributed by atoms with van der Waals surface area (Å²) in [6.45, 7) is 3.44. The van der Waals surface area contributed by atoms with Crippen molar-refractivity contribution >= 4 is 17.5 Å². The minimum absolute atomic E-state index is 0.146. The van der Waals surface area contributed by atoms with Crippen LogP contribution in [0.1, 0.15) is 37.1 Å². The van der Waals surface area contributed by atoms with Gasteiger partial charge in [0.1, 0.15) is 5.54 Å². The average molecular weight is 340 g/mol. The van der Waals surface area contributed by atoms with Crippen molar-refractivity contribution in [2.24, 2.45) is 0 Å². The van der Waals surface area contributed by atoms with Crippen molar-refractivity contribution in [1.29, 1.82) is 0 Å². The Kier molecular flexibility index (Phi) is 4.87. The van der Waals surface area contributed by atoms with Gasteiger partial charge in [-0.3, -0.25) is 9.59 Å². The topological polar surface area (TPSA) is 113 Å². The Labute approximate surface area is 145 Å². The second-order valence-electron chi connectivity index (χ2n) is 6.10. The van der Waals surface area contributed by atoms with Gasteiger partial charge in [0.15, 0.2) is 5.82 Å². The van der Waals surface area contributed by atoms with Crippen molar-refractivity contribution in [3.63, 3.8) is 0 Å². The predicted molar refractivity (Wildman–Crippen MR) is 91.4 cm³/mol. The van der Waals surface area contributed by atoms with Crippen LogP contribution in [0.4, 0.5) is 5.69 Å². The zero-order valence-electron chi connectivity index (χ0n) is 13.8. The number of hydrogen-bond acceptors (Lipinski definition) is 5. The molecule has 3 rings (SSSR count). The third-order valence-corrected chi connectivity index (χ3v) is 4.42. The minimum atomic E-state index is -0.566. The van der Waals surface area contributed by atoms with Gasteiger partial charge in [0.25, 0.3) is 0 Å². The molecule has 1 saturated carbocycles. The van der Waals surface area contributed by atoms with Gasteiger partial charge in [-0.1, -0.05) is 42.8 Å². The molecule has 1 aromatic heterocycles. The number of carbonyl (C=O) groups is 2. The van der Waals surface area contributed by atoms with E-state index in [1.807, 2.05) is 12.1 Å². The Hall–Kier alpha value is -3.03. The molecule has 2 aromatic rings. The van der Waals surface area contributed by atoms with E-state index in [2.05, 4.69) is 37.8 Å². The van der Waals surface area contributed by atoms with Gasteiger partial charge in [0, 0.05) is 5.69 Å². The Morgan fingerprint density at radius 3 is 2.72 bits per heavy atom. The average Bonchev–Trinajstić information content (AvgIpc) is 3.28. The maximum atomic E-state index is 12.6. The highest BCUT2D eigenvalue weighted by molar-refractivity contribution is 5.99. The molecule has 1 aliphatic rings. The number of benzene rings is 1. The number of para-hydroxylation sites is 1. The summed E-state index contributed by atoms with van der Waals surface area (Å²) in [5, 5.41) is 20.0. The molecule has 25 heavy (non-hydrogen) atoms. The molecule has 8 heteroatoms. The largest absolute Gasteiger partial charge is 0.343 e. The number of nitrogens with one attached hydrogen (secondary N) is 3. The standard InChI is InChI=1S/C17H20N6O2/c1-2-14(24)18-13-8-4-3-7-12(13)11-15(25)19-17(9-5-6-10-17)16-20-22-23-21-16/h2-4,7-8H,1,5-6,9-11H2,(H,18,24)(H,19,25)(H,20,21,22,23). The van der Waals surface area contributed by atoms with E-state index in [4.69, 9.17) is 0 Å². The Balaban J connectivity index is 1.74. The number of amides is 2. The zero-order chi connectivity index (χ0) is 17.7. The van der Waals surface area contributed by atoms with Gasteiger partial charge in [-0.15, -0.1) is 10.2 Å². The van der Waals surface area contributed by atoms with Gasteiger partial charge in [-0.2, -0.15) is 5.21 Å². The van der Waals surface area contributed by atoms with Crippen molar-refractivity contribution in [1.82, 2.24) is 25.9 Å². The molecule has 0 radical (unpaired) electrons. The van der Waals surface area contributed by atoms with E-state index in [1.54, 1.807) is 12.1 Å². The molecule has 1 aliphatic carbocycles. The van der Waals surface area contributed by atoms with Crippen molar-refractivity contribution in [2.45, 2.75) is 37.6 Å². The fraction of sp³-hybridized carbons (Fsp3) is 0.353. The number of anilines is 1. The summed E-state index contributed by atoms with van der Waals surface area (Å²) in [5.74, 6) is 0.0607. The first kappa shape index (κ1) is 16.8. The number of H-pyrrole nitrogens is 1. The molecule has 0 spiro atoms. The van der Waals surface area contributed by atoms with E-state index in [-0.39, 0.29) is 18.2 Å². The van der Waals surface area contributed by atoms with E-state index >= 15 is 0 Å². The van der Waals surface area contributed by atoms with Gasteiger partial charge in [-0.25, -0.2) is 0 Å². The van der Waals surface area contributed by atoms with Gasteiger partial charge >= 0.3 is 0 Å². The van der Waals surface area contributed by atoms with Crippen molar-refractivity contribution in [3.8, 4) is 0 Å². The lowest BCUT2D eigenvalue weighted by molar-refractivity contribution is -0.122. The summed E-state index contributed by atoms with van der Waals surface area (Å²) in [6, 6.07) is 7.21. The van der Waals surface area contributed by atoms with Crippen LogP contribution in [0.25, 0.3) is 0 Å². The normalized spacial score (nSPS) is 15.5. The number of rotatable bonds is 6. The number of tetrazole rings is 1. The molecule has 0 bridgehead atoms. The number of hydrogen-bond donors (Lipinski definition) is 3. The third-order valence-electron chi connectivity index (χ3n) is 4.42. The smallest absolute Gasteiger partial charge is 0.247 e. The van der Waals surface area contributed by atoms with Crippen molar-refractivity contribution in [2.75, 3.05) is 5.32 Å². The molecular formula is C17H20N6O2. The number of aromatic amines is 1. The van der Waals surface area contributed by atoms with E-state index in [0.717, 1.165) is 31.2 Å². The summed E-state index contributed by atoms with van der Waals surface area (Å²) in [7, 11) is 0. The summed E-state index contributed by atoms with van der Waals surface area (Å²) >= 11 is 0. The molecule has 1 aromatic carbocycles. The molecule has 0 atom stereocenters. The quantitative estimate of drug-likeness (QED) is 0.689. The van der Waals surface area contributed by atoms with Gasteiger partial charge in [0.2, 0.25) is 11.8 Å². The van der Waals surface area contributed by atoms with Crippen LogP contribution in [0.3, 0.4) is 0 Å². The predicted octanol–water partition coefficient (Wildman–Crippen LogP) is 1.45. The number of nitrogens with zero attached hydrogens (tertiary/aromatic N) is 3. The maximum Gasteiger partial charge on any atom is 0.247 e. The summed E-state index contributed by atoms with van der Waals surface area (Å²) in [6.07, 6.45) is 4.91. The van der Waals surface area contributed by atoms with E-state index < -0.39 is 5.54 Å². The molecule has 1 fully saturated rings. The highest BCUT2D eigenvalue weighted by Crippen LogP contribution is 2.36. The Bertz CT molecular complexity index is 765. The zero-order valence-corrected chi connectivity index (χ0v) is 13.8. The lowest BCUT2D eigenvalue weighted by Gasteiger charge is -2.26. The monoisotopic (exact) mass is 340 g/mol. The SMILES string of the molecule is C=CC(=O)Nc1ccccc1CC(=O)NC1(c2nn[nH]n2)CCCC1. The molecule has 0 unspecified atom stereocenters. The van der Waals surface area contributed by atoms with E-state index in [0.29, 0.717) is 11.5 Å². The first-order chi connectivity index (χ1) is 12.1. The van der Waals surface area contributed by atoms with Gasteiger partial charge in [0.05, 0.1) is 6.42 Å². The molecule has 8 nitrogen and oxygen atoms in total. The van der Waals surface area contributed by atoms with E-state index in [1.165, 1.54) is 6.08 Å². The Morgan fingerprint density at radius 2 is 2.04 bits per heavy atom. The lowest BCUT2D eigenvalue weighted by atomic mass is 9.96. The van der Waals surface area contributed by atoms with Crippen LogP contribution in [0.2, 0.25) is 0 Å². The van der Waals surface area contributed by atoms with Crippen LogP contribution in [0, 0.1) is 0 Å². The highest BCUT2D eigenvalue weighted by Gasteiger charge is 2.40. The van der Waals surface area contributed by atoms with Crippen LogP contribution < -0.4 is 10.6 Å². The second-order valence-corrected chi connectivity index (χ2v) is 6.10. The van der Waals surface area contributed by atoms with Gasteiger partial charge in [-0.05, 0) is 30.5 Å². The molecule has 0 aliphatic heterocycles. The Morgan fingerprint density at radius 1 is 1.28 bits per heavy atom. The van der Waals surface area contributed by atoms with Crippen LogP contribution in [0.15, 0.2) is 36.9 Å². The van der Waals surface area contributed by atoms with Crippen LogP contribution in [-0.4, -0.2) is 32.4 Å². The summed E-state index contributed by atoms with van der Waals surface area (Å²) in [4.78, 5) is 24.2. The molecular weight excluding hydrogens is 320 g/mol. The van der Waals surface area contributed by atoms with Crippen LogP contribution >= 0.6 is 0 Å². The molecule has 2 amide bonds. The third kappa shape index (κ3) is 3.73. The summed E-state index contributed by atoms with van der Waals surface area (Å²) < 4.78 is 0. The maximum absolute atomic E-state index is 12.6. The van der Waals surface area contributed by atoms with Gasteiger partial charge < -0.3 is 10.6 Å². The van der Waals surface area contributed by atoms with Crippen molar-refractivity contribution in [3.05, 3.63) is 48.3 Å². The number of carbonyl (C=O) groups excluding carboxylic acids is 2. The van der Waals surface area contributed by atoms with Crippen LogP contribution in [-0.2, 0) is 21.5 Å². The first-order valence-electron chi connectivity index (χ1n) is 8.19.